The first-order valence-electron chi connectivity index (χ1n) is 7.79. The lowest BCUT2D eigenvalue weighted by Gasteiger charge is -2.33. The van der Waals surface area contributed by atoms with Gasteiger partial charge in [-0.3, -0.25) is 4.79 Å². The van der Waals surface area contributed by atoms with Gasteiger partial charge in [0.25, 0.3) is 5.91 Å². The third-order valence-corrected chi connectivity index (χ3v) is 5.11. The summed E-state index contributed by atoms with van der Waals surface area (Å²) in [5.41, 5.74) is 6.74. The fourth-order valence-corrected chi connectivity index (χ4v) is 3.54. The third kappa shape index (κ3) is 3.18. The molecule has 3 rings (SSSR count). The summed E-state index contributed by atoms with van der Waals surface area (Å²) in [5, 5.41) is 2.24. The van der Waals surface area contributed by atoms with Gasteiger partial charge in [-0.15, -0.1) is 0 Å². The molecule has 22 heavy (non-hydrogen) atoms. The molecule has 0 spiro atoms. The lowest BCUT2D eigenvalue weighted by molar-refractivity contribution is 0.0681. The molecule has 116 valence electrons. The highest BCUT2D eigenvalue weighted by molar-refractivity contribution is 9.10. The van der Waals surface area contributed by atoms with Crippen LogP contribution in [-0.4, -0.2) is 29.9 Å². The highest BCUT2D eigenvalue weighted by atomic mass is 79.9. The zero-order valence-electron chi connectivity index (χ0n) is 12.8. The van der Waals surface area contributed by atoms with Gasteiger partial charge in [0.1, 0.15) is 0 Å². The van der Waals surface area contributed by atoms with Crippen molar-refractivity contribution in [3.63, 3.8) is 0 Å². The fraction of sp³-hybridized carbons (Fsp3) is 0.389. The molecule has 2 aromatic carbocycles. The second-order valence-electron chi connectivity index (χ2n) is 6.19. The number of carbonyl (C=O) groups is 1. The molecule has 2 aromatic rings. The van der Waals surface area contributed by atoms with Crippen LogP contribution in [0, 0.1) is 5.92 Å². The summed E-state index contributed by atoms with van der Waals surface area (Å²) in [6.07, 6.45) is 2.01. The van der Waals surface area contributed by atoms with E-state index in [9.17, 15) is 4.79 Å². The molecule has 1 aliphatic heterocycles. The van der Waals surface area contributed by atoms with Crippen molar-refractivity contribution in [1.29, 1.82) is 0 Å². The van der Waals surface area contributed by atoms with Gasteiger partial charge in [0, 0.05) is 29.2 Å². The van der Waals surface area contributed by atoms with Crippen LogP contribution < -0.4 is 5.73 Å². The van der Waals surface area contributed by atoms with Crippen molar-refractivity contribution in [3.8, 4) is 0 Å². The lowest BCUT2D eigenvalue weighted by Crippen LogP contribution is -2.42. The SMILES string of the molecule is CC(N)C1CCN(C(=O)c2ccc3cc(Br)ccc3c2)CC1. The van der Waals surface area contributed by atoms with Gasteiger partial charge in [-0.2, -0.15) is 0 Å². The minimum Gasteiger partial charge on any atom is -0.339 e. The highest BCUT2D eigenvalue weighted by Crippen LogP contribution is 2.24. The molecule has 2 N–H and O–H groups in total. The lowest BCUT2D eigenvalue weighted by atomic mass is 9.90. The number of carbonyl (C=O) groups excluding carboxylic acids is 1. The standard InChI is InChI=1S/C18H21BrN2O/c1-12(20)13-6-8-21(9-7-13)18(22)16-3-2-15-11-17(19)5-4-14(15)10-16/h2-5,10-13H,6-9,20H2,1H3. The Morgan fingerprint density at radius 2 is 1.82 bits per heavy atom. The fourth-order valence-electron chi connectivity index (χ4n) is 3.16. The van der Waals surface area contributed by atoms with Crippen LogP contribution in [0.25, 0.3) is 10.8 Å². The van der Waals surface area contributed by atoms with Crippen LogP contribution in [0.1, 0.15) is 30.1 Å². The summed E-state index contributed by atoms with van der Waals surface area (Å²) < 4.78 is 1.05. The van der Waals surface area contributed by atoms with Gasteiger partial charge in [-0.25, -0.2) is 0 Å². The number of amides is 1. The highest BCUT2D eigenvalue weighted by Gasteiger charge is 2.25. The average molecular weight is 361 g/mol. The Bertz CT molecular complexity index is 691. The van der Waals surface area contributed by atoms with E-state index in [0.29, 0.717) is 5.92 Å². The Hall–Kier alpha value is -1.39. The van der Waals surface area contributed by atoms with Crippen LogP contribution in [-0.2, 0) is 0 Å². The molecular formula is C18H21BrN2O. The largest absolute Gasteiger partial charge is 0.339 e. The quantitative estimate of drug-likeness (QED) is 0.884. The molecule has 1 saturated heterocycles. The van der Waals surface area contributed by atoms with Gasteiger partial charge >= 0.3 is 0 Å². The Kier molecular flexibility index (Phi) is 4.50. The first-order chi connectivity index (χ1) is 10.5. The van der Waals surface area contributed by atoms with Crippen LogP contribution in [0.3, 0.4) is 0 Å². The number of fused-ring (bicyclic) bond motifs is 1. The molecule has 0 aliphatic carbocycles. The van der Waals surface area contributed by atoms with Gasteiger partial charge in [0.05, 0.1) is 0 Å². The predicted octanol–water partition coefficient (Wildman–Crippen LogP) is 3.80. The van der Waals surface area contributed by atoms with Crippen molar-refractivity contribution >= 4 is 32.6 Å². The Morgan fingerprint density at radius 3 is 2.50 bits per heavy atom. The van der Waals surface area contributed by atoms with Crippen LogP contribution >= 0.6 is 15.9 Å². The Morgan fingerprint density at radius 1 is 1.18 bits per heavy atom. The van der Waals surface area contributed by atoms with Gasteiger partial charge in [0.15, 0.2) is 0 Å². The monoisotopic (exact) mass is 360 g/mol. The van der Waals surface area contributed by atoms with Crippen LogP contribution in [0.5, 0.6) is 0 Å². The van der Waals surface area contributed by atoms with Crippen molar-refractivity contribution in [2.45, 2.75) is 25.8 Å². The number of likely N-dealkylation sites (tertiary alicyclic amines) is 1. The van der Waals surface area contributed by atoms with E-state index < -0.39 is 0 Å². The van der Waals surface area contributed by atoms with E-state index in [2.05, 4.69) is 28.9 Å². The van der Waals surface area contributed by atoms with Gasteiger partial charge in [-0.1, -0.05) is 28.1 Å². The molecule has 1 aliphatic rings. The summed E-state index contributed by atoms with van der Waals surface area (Å²) >= 11 is 3.47. The van der Waals surface area contributed by atoms with Crippen LogP contribution in [0.15, 0.2) is 40.9 Å². The molecule has 1 amide bonds. The summed E-state index contributed by atoms with van der Waals surface area (Å²) in [4.78, 5) is 14.6. The van der Waals surface area contributed by atoms with Crippen LogP contribution in [0.2, 0.25) is 0 Å². The molecule has 1 fully saturated rings. The number of halogens is 1. The number of hydrogen-bond donors (Lipinski definition) is 1. The zero-order chi connectivity index (χ0) is 15.7. The van der Waals surface area contributed by atoms with Gasteiger partial charge < -0.3 is 10.6 Å². The maximum Gasteiger partial charge on any atom is 0.253 e. The van der Waals surface area contributed by atoms with Crippen molar-refractivity contribution in [1.82, 2.24) is 4.90 Å². The minimum atomic E-state index is 0.132. The van der Waals surface area contributed by atoms with Crippen LogP contribution in [0.4, 0.5) is 0 Å². The van der Waals surface area contributed by atoms with Crippen molar-refractivity contribution in [2.75, 3.05) is 13.1 Å². The minimum absolute atomic E-state index is 0.132. The van der Waals surface area contributed by atoms with E-state index >= 15 is 0 Å². The van der Waals surface area contributed by atoms with E-state index in [1.807, 2.05) is 35.2 Å². The molecule has 0 aromatic heterocycles. The third-order valence-electron chi connectivity index (χ3n) is 4.62. The molecule has 0 saturated carbocycles. The van der Waals surface area contributed by atoms with Gasteiger partial charge in [-0.05, 0) is 60.7 Å². The van der Waals surface area contributed by atoms with Crippen molar-refractivity contribution < 1.29 is 4.79 Å². The number of piperidine rings is 1. The molecule has 1 atom stereocenters. The molecular weight excluding hydrogens is 340 g/mol. The number of rotatable bonds is 2. The first-order valence-corrected chi connectivity index (χ1v) is 8.58. The van der Waals surface area contributed by atoms with Gasteiger partial charge in [0.2, 0.25) is 0 Å². The van der Waals surface area contributed by atoms with E-state index in [4.69, 9.17) is 5.73 Å². The summed E-state index contributed by atoms with van der Waals surface area (Å²) in [7, 11) is 0. The van der Waals surface area contributed by atoms with E-state index in [-0.39, 0.29) is 11.9 Å². The summed E-state index contributed by atoms with van der Waals surface area (Å²) in [6, 6.07) is 12.3. The topological polar surface area (TPSA) is 46.3 Å². The number of benzene rings is 2. The molecule has 0 bridgehead atoms. The summed E-state index contributed by atoms with van der Waals surface area (Å²) in [6.45, 7) is 3.68. The first kappa shape index (κ1) is 15.5. The number of nitrogens with two attached hydrogens (primary N) is 1. The molecule has 1 heterocycles. The molecule has 1 unspecified atom stereocenters. The predicted molar refractivity (Wildman–Crippen MR) is 93.9 cm³/mol. The Labute approximate surface area is 139 Å². The molecule has 4 heteroatoms. The van der Waals surface area contributed by atoms with E-state index in [1.54, 1.807) is 0 Å². The normalized spacial score (nSPS) is 17.7. The molecule has 3 nitrogen and oxygen atoms in total. The van der Waals surface area contributed by atoms with Crippen molar-refractivity contribution in [2.24, 2.45) is 11.7 Å². The van der Waals surface area contributed by atoms with Crippen molar-refractivity contribution in [3.05, 3.63) is 46.4 Å². The smallest absolute Gasteiger partial charge is 0.253 e. The maximum atomic E-state index is 12.7. The second kappa shape index (κ2) is 6.39. The summed E-state index contributed by atoms with van der Waals surface area (Å²) in [5.74, 6) is 0.672. The number of hydrogen-bond acceptors (Lipinski definition) is 2. The molecule has 0 radical (unpaired) electrons. The van der Waals surface area contributed by atoms with E-state index in [0.717, 1.165) is 46.7 Å². The average Bonchev–Trinajstić information content (AvgIpc) is 2.53. The second-order valence-corrected chi connectivity index (χ2v) is 7.11. The van der Waals surface area contributed by atoms with E-state index in [1.165, 1.54) is 0 Å². The zero-order valence-corrected chi connectivity index (χ0v) is 14.3. The Balaban J connectivity index is 1.77. The number of nitrogens with zero attached hydrogens (tertiary/aromatic N) is 1. The maximum absolute atomic E-state index is 12.7.